The predicted octanol–water partition coefficient (Wildman–Crippen LogP) is 4.74. The SMILES string of the molecule is CN=C(NCCC(c1ccccc1)c1ccccc1)NCc1ccc(CS(C)(=O)=O)cc1.I. The van der Waals surface area contributed by atoms with Gasteiger partial charge in [-0.2, -0.15) is 0 Å². The number of sulfone groups is 1. The van der Waals surface area contributed by atoms with Crippen molar-refractivity contribution in [3.05, 3.63) is 107 Å². The van der Waals surface area contributed by atoms with E-state index < -0.39 is 9.84 Å². The van der Waals surface area contributed by atoms with Gasteiger partial charge in [-0.15, -0.1) is 24.0 Å². The minimum absolute atomic E-state index is 0. The zero-order valence-corrected chi connectivity index (χ0v) is 22.2. The minimum Gasteiger partial charge on any atom is -0.356 e. The van der Waals surface area contributed by atoms with E-state index in [2.05, 4.69) is 64.2 Å². The van der Waals surface area contributed by atoms with Gasteiger partial charge in [-0.25, -0.2) is 8.42 Å². The van der Waals surface area contributed by atoms with E-state index in [-0.39, 0.29) is 29.7 Å². The van der Waals surface area contributed by atoms with Crippen molar-refractivity contribution in [3.8, 4) is 0 Å². The first-order valence-corrected chi connectivity index (χ1v) is 12.8. The summed E-state index contributed by atoms with van der Waals surface area (Å²) in [4.78, 5) is 4.33. The topological polar surface area (TPSA) is 70.6 Å². The Bertz CT molecular complexity index is 1060. The highest BCUT2D eigenvalue weighted by Crippen LogP contribution is 2.27. The lowest BCUT2D eigenvalue weighted by Gasteiger charge is -2.19. The van der Waals surface area contributed by atoms with E-state index in [1.807, 2.05) is 36.4 Å². The molecule has 0 aliphatic heterocycles. The molecule has 0 saturated heterocycles. The Labute approximate surface area is 214 Å². The summed E-state index contributed by atoms with van der Waals surface area (Å²) in [7, 11) is -1.26. The predicted molar refractivity (Wildman–Crippen MR) is 148 cm³/mol. The molecular formula is C26H32IN3O2S. The number of hydrogen-bond donors (Lipinski definition) is 2. The van der Waals surface area contributed by atoms with Gasteiger partial charge in [0.1, 0.15) is 0 Å². The molecule has 176 valence electrons. The van der Waals surface area contributed by atoms with Gasteiger partial charge in [0.05, 0.1) is 5.75 Å². The Morgan fingerprint density at radius 2 is 1.33 bits per heavy atom. The maximum atomic E-state index is 11.4. The molecule has 0 fully saturated rings. The van der Waals surface area contributed by atoms with Gasteiger partial charge in [-0.05, 0) is 28.7 Å². The fraction of sp³-hybridized carbons (Fsp3) is 0.269. The van der Waals surface area contributed by atoms with Crippen LogP contribution >= 0.6 is 24.0 Å². The van der Waals surface area contributed by atoms with E-state index in [4.69, 9.17) is 0 Å². The maximum Gasteiger partial charge on any atom is 0.191 e. The van der Waals surface area contributed by atoms with Crippen molar-refractivity contribution in [3.63, 3.8) is 0 Å². The summed E-state index contributed by atoms with van der Waals surface area (Å²) >= 11 is 0. The number of nitrogens with one attached hydrogen (secondary N) is 2. The van der Waals surface area contributed by atoms with Crippen LogP contribution < -0.4 is 10.6 Å². The van der Waals surface area contributed by atoms with Gasteiger partial charge >= 0.3 is 0 Å². The van der Waals surface area contributed by atoms with Crippen LogP contribution in [-0.4, -0.2) is 34.2 Å². The Balaban J connectivity index is 0.00000385. The van der Waals surface area contributed by atoms with E-state index in [9.17, 15) is 8.42 Å². The van der Waals surface area contributed by atoms with Crippen LogP contribution in [-0.2, 0) is 22.1 Å². The molecule has 3 aromatic rings. The largest absolute Gasteiger partial charge is 0.356 e. The van der Waals surface area contributed by atoms with Crippen LogP contribution in [0.5, 0.6) is 0 Å². The first kappa shape index (κ1) is 26.9. The second-order valence-corrected chi connectivity index (χ2v) is 10.0. The van der Waals surface area contributed by atoms with Crippen LogP contribution in [0.15, 0.2) is 89.9 Å². The Morgan fingerprint density at radius 3 is 1.82 bits per heavy atom. The first-order valence-electron chi connectivity index (χ1n) is 10.7. The van der Waals surface area contributed by atoms with Gasteiger partial charge in [0.2, 0.25) is 0 Å². The molecule has 0 radical (unpaired) electrons. The van der Waals surface area contributed by atoms with E-state index in [0.29, 0.717) is 12.5 Å². The van der Waals surface area contributed by atoms with Crippen LogP contribution in [0.4, 0.5) is 0 Å². The number of hydrogen-bond acceptors (Lipinski definition) is 3. The lowest BCUT2D eigenvalue weighted by atomic mass is 9.88. The third-order valence-electron chi connectivity index (χ3n) is 5.26. The number of rotatable bonds is 9. The molecule has 0 saturated carbocycles. The lowest BCUT2D eigenvalue weighted by Crippen LogP contribution is -2.37. The molecular weight excluding hydrogens is 545 g/mol. The first-order chi connectivity index (χ1) is 15.4. The molecule has 0 bridgehead atoms. The summed E-state index contributed by atoms with van der Waals surface area (Å²) in [6, 6.07) is 28.8. The number of halogens is 1. The van der Waals surface area contributed by atoms with Crippen molar-refractivity contribution >= 4 is 39.8 Å². The average molecular weight is 578 g/mol. The quantitative estimate of drug-likeness (QED) is 0.219. The third-order valence-corrected chi connectivity index (χ3v) is 6.12. The van der Waals surface area contributed by atoms with Gasteiger partial charge in [0, 0.05) is 32.3 Å². The van der Waals surface area contributed by atoms with E-state index >= 15 is 0 Å². The molecule has 0 atom stereocenters. The summed E-state index contributed by atoms with van der Waals surface area (Å²) in [5.41, 5.74) is 4.47. The van der Waals surface area contributed by atoms with Gasteiger partial charge in [-0.1, -0.05) is 84.9 Å². The van der Waals surface area contributed by atoms with Gasteiger partial charge in [0.25, 0.3) is 0 Å². The van der Waals surface area contributed by atoms with Gasteiger partial charge < -0.3 is 10.6 Å². The molecule has 0 unspecified atom stereocenters. The maximum absolute atomic E-state index is 11.4. The lowest BCUT2D eigenvalue weighted by molar-refractivity contribution is 0.601. The molecule has 0 aliphatic carbocycles. The molecule has 0 amide bonds. The van der Waals surface area contributed by atoms with Crippen molar-refractivity contribution in [2.75, 3.05) is 19.8 Å². The minimum atomic E-state index is -3.02. The number of aliphatic imine (C=N–C) groups is 1. The summed E-state index contributed by atoms with van der Waals surface area (Å²) in [5.74, 6) is 1.11. The monoisotopic (exact) mass is 577 g/mol. The van der Waals surface area contributed by atoms with Crippen molar-refractivity contribution in [2.45, 2.75) is 24.6 Å². The molecule has 3 aromatic carbocycles. The summed E-state index contributed by atoms with van der Waals surface area (Å²) < 4.78 is 22.9. The highest BCUT2D eigenvalue weighted by molar-refractivity contribution is 14.0. The molecule has 5 nitrogen and oxygen atoms in total. The summed E-state index contributed by atoms with van der Waals surface area (Å²) in [6.45, 7) is 1.39. The van der Waals surface area contributed by atoms with E-state index in [1.54, 1.807) is 7.05 Å². The molecule has 0 heterocycles. The average Bonchev–Trinajstić information content (AvgIpc) is 2.80. The highest BCUT2D eigenvalue weighted by atomic mass is 127. The second kappa shape index (κ2) is 13.3. The van der Waals surface area contributed by atoms with E-state index in [1.165, 1.54) is 17.4 Å². The molecule has 0 aliphatic rings. The Kier molecular flexibility index (Phi) is 10.9. The highest BCUT2D eigenvalue weighted by Gasteiger charge is 2.13. The van der Waals surface area contributed by atoms with Crippen molar-refractivity contribution in [2.24, 2.45) is 4.99 Å². The van der Waals surface area contributed by atoms with Crippen molar-refractivity contribution in [1.29, 1.82) is 0 Å². The van der Waals surface area contributed by atoms with E-state index in [0.717, 1.165) is 30.1 Å². The molecule has 0 spiro atoms. The Hall–Kier alpha value is -2.39. The zero-order valence-electron chi connectivity index (χ0n) is 19.1. The van der Waals surface area contributed by atoms with Crippen LogP contribution in [0.25, 0.3) is 0 Å². The summed E-state index contributed by atoms with van der Waals surface area (Å²) in [6.07, 6.45) is 2.19. The second-order valence-electron chi connectivity index (χ2n) is 7.90. The third kappa shape index (κ3) is 9.17. The zero-order chi connectivity index (χ0) is 22.8. The van der Waals surface area contributed by atoms with Crippen LogP contribution in [0.2, 0.25) is 0 Å². The fourth-order valence-corrected chi connectivity index (χ4v) is 4.49. The fourth-order valence-electron chi connectivity index (χ4n) is 3.69. The molecule has 33 heavy (non-hydrogen) atoms. The molecule has 3 rings (SSSR count). The standard InChI is InChI=1S/C26H31N3O2S.HI/c1-27-26(29-19-21-13-15-22(16-14-21)20-32(2,30)31)28-18-17-25(23-9-5-3-6-10-23)24-11-7-4-8-12-24;/h3-16,25H,17-20H2,1-2H3,(H2,27,28,29);1H. The molecule has 2 N–H and O–H groups in total. The summed E-state index contributed by atoms with van der Waals surface area (Å²) in [5, 5.41) is 6.74. The van der Waals surface area contributed by atoms with Crippen molar-refractivity contribution < 1.29 is 8.42 Å². The smallest absolute Gasteiger partial charge is 0.191 e. The van der Waals surface area contributed by atoms with Crippen molar-refractivity contribution in [1.82, 2.24) is 10.6 Å². The van der Waals surface area contributed by atoms with Crippen LogP contribution in [0.1, 0.15) is 34.6 Å². The normalized spacial score (nSPS) is 11.7. The van der Waals surface area contributed by atoms with Crippen LogP contribution in [0, 0.1) is 0 Å². The van der Waals surface area contributed by atoms with Gasteiger partial charge in [0.15, 0.2) is 15.8 Å². The Morgan fingerprint density at radius 1 is 0.818 bits per heavy atom. The van der Waals surface area contributed by atoms with Crippen LogP contribution in [0.3, 0.4) is 0 Å². The van der Waals surface area contributed by atoms with Gasteiger partial charge in [-0.3, -0.25) is 4.99 Å². The molecule has 7 heteroatoms. The number of benzene rings is 3. The number of nitrogens with zero attached hydrogens (tertiary/aromatic N) is 1. The molecule has 0 aromatic heterocycles. The number of guanidine groups is 1.